The van der Waals surface area contributed by atoms with E-state index in [0.717, 1.165) is 11.3 Å². The van der Waals surface area contributed by atoms with E-state index in [4.69, 9.17) is 29.0 Å². The van der Waals surface area contributed by atoms with Gasteiger partial charge in [-0.25, -0.2) is 0 Å². The molecule has 0 aliphatic rings. The number of benzene rings is 2. The molecular formula is C14H13Cl2N3O. The average Bonchev–Trinajstić information content (AvgIpc) is 2.41. The van der Waals surface area contributed by atoms with Crippen LogP contribution >= 0.6 is 23.2 Å². The summed E-state index contributed by atoms with van der Waals surface area (Å²) in [5.41, 5.74) is 5.24. The minimum Gasteiger partial charge on any atom is -0.324 e. The van der Waals surface area contributed by atoms with Crippen molar-refractivity contribution in [2.75, 3.05) is 10.7 Å². The van der Waals surface area contributed by atoms with Crippen LogP contribution in [-0.4, -0.2) is 5.91 Å². The smallest absolute Gasteiger partial charge is 0.255 e. The number of hydrazine groups is 1. The standard InChI is InChI=1S/C14H13Cl2N3O/c1-8-6-9(2-4-12(8)19-17)14(20)18-13-5-3-10(15)7-11(13)16/h2-7,19H,17H2,1H3,(H,18,20). The van der Waals surface area contributed by atoms with Crippen molar-refractivity contribution in [2.45, 2.75) is 6.92 Å². The van der Waals surface area contributed by atoms with Gasteiger partial charge in [0.2, 0.25) is 0 Å². The Bertz CT molecular complexity index is 659. The van der Waals surface area contributed by atoms with Gasteiger partial charge in [-0.05, 0) is 48.9 Å². The summed E-state index contributed by atoms with van der Waals surface area (Å²) in [7, 11) is 0. The quantitative estimate of drug-likeness (QED) is 0.596. The number of amides is 1. The van der Waals surface area contributed by atoms with Crippen LogP contribution in [0.5, 0.6) is 0 Å². The Morgan fingerprint density at radius 1 is 1.10 bits per heavy atom. The van der Waals surface area contributed by atoms with Crippen molar-refractivity contribution in [3.8, 4) is 0 Å². The van der Waals surface area contributed by atoms with Crippen LogP contribution in [0.3, 0.4) is 0 Å². The molecule has 0 heterocycles. The van der Waals surface area contributed by atoms with E-state index in [1.165, 1.54) is 0 Å². The number of nitrogen functional groups attached to an aromatic ring is 1. The summed E-state index contributed by atoms with van der Waals surface area (Å²) in [5.74, 6) is 5.10. The molecule has 2 aromatic carbocycles. The third-order valence-corrected chi connectivity index (χ3v) is 3.37. The zero-order valence-electron chi connectivity index (χ0n) is 10.7. The summed E-state index contributed by atoms with van der Waals surface area (Å²) in [6.07, 6.45) is 0. The Morgan fingerprint density at radius 3 is 2.40 bits per heavy atom. The molecule has 2 rings (SSSR count). The summed E-state index contributed by atoms with van der Waals surface area (Å²) in [5, 5.41) is 3.64. The fraction of sp³-hybridized carbons (Fsp3) is 0.0714. The van der Waals surface area contributed by atoms with Crippen molar-refractivity contribution in [3.05, 3.63) is 57.6 Å². The van der Waals surface area contributed by atoms with E-state index in [-0.39, 0.29) is 5.91 Å². The van der Waals surface area contributed by atoms with Crippen molar-refractivity contribution in [1.29, 1.82) is 0 Å². The van der Waals surface area contributed by atoms with E-state index in [2.05, 4.69) is 10.7 Å². The number of carbonyl (C=O) groups excluding carboxylic acids is 1. The fourth-order valence-corrected chi connectivity index (χ4v) is 2.21. The van der Waals surface area contributed by atoms with Crippen LogP contribution in [0.4, 0.5) is 11.4 Å². The summed E-state index contributed by atoms with van der Waals surface area (Å²) >= 11 is 11.8. The molecule has 0 radical (unpaired) electrons. The Balaban J connectivity index is 2.21. The molecule has 20 heavy (non-hydrogen) atoms. The number of nitrogens with two attached hydrogens (primary N) is 1. The van der Waals surface area contributed by atoms with Gasteiger partial charge < -0.3 is 10.7 Å². The van der Waals surface area contributed by atoms with Gasteiger partial charge in [0.1, 0.15) is 0 Å². The first-order valence-electron chi connectivity index (χ1n) is 5.85. The lowest BCUT2D eigenvalue weighted by atomic mass is 10.1. The maximum Gasteiger partial charge on any atom is 0.255 e. The van der Waals surface area contributed by atoms with Crippen LogP contribution in [-0.2, 0) is 0 Å². The van der Waals surface area contributed by atoms with Crippen LogP contribution in [0.15, 0.2) is 36.4 Å². The first-order chi connectivity index (χ1) is 9.51. The van der Waals surface area contributed by atoms with Crippen molar-refractivity contribution in [2.24, 2.45) is 5.84 Å². The molecule has 0 unspecified atom stereocenters. The molecule has 0 fully saturated rings. The zero-order chi connectivity index (χ0) is 14.7. The monoisotopic (exact) mass is 309 g/mol. The van der Waals surface area contributed by atoms with Gasteiger partial charge in [-0.2, -0.15) is 0 Å². The SMILES string of the molecule is Cc1cc(C(=O)Nc2ccc(Cl)cc2Cl)ccc1NN. The van der Waals surface area contributed by atoms with Crippen LogP contribution < -0.4 is 16.6 Å². The maximum atomic E-state index is 12.1. The lowest BCUT2D eigenvalue weighted by Gasteiger charge is -2.10. The summed E-state index contributed by atoms with van der Waals surface area (Å²) < 4.78 is 0. The van der Waals surface area contributed by atoms with Crippen LogP contribution in [0.2, 0.25) is 10.0 Å². The second-order valence-electron chi connectivity index (χ2n) is 4.25. The highest BCUT2D eigenvalue weighted by Crippen LogP contribution is 2.26. The molecule has 0 aliphatic carbocycles. The molecule has 2 aromatic rings. The van der Waals surface area contributed by atoms with Crippen molar-refractivity contribution in [1.82, 2.24) is 0 Å². The molecule has 0 saturated heterocycles. The van der Waals surface area contributed by atoms with Crippen LogP contribution in [0.1, 0.15) is 15.9 Å². The van der Waals surface area contributed by atoms with Gasteiger partial charge in [0.05, 0.1) is 16.4 Å². The lowest BCUT2D eigenvalue weighted by molar-refractivity contribution is 0.102. The number of nitrogens with one attached hydrogen (secondary N) is 2. The third kappa shape index (κ3) is 3.22. The van der Waals surface area contributed by atoms with E-state index in [0.29, 0.717) is 21.3 Å². The predicted molar refractivity (Wildman–Crippen MR) is 83.4 cm³/mol. The van der Waals surface area contributed by atoms with Crippen molar-refractivity contribution in [3.63, 3.8) is 0 Å². The third-order valence-electron chi connectivity index (χ3n) is 2.82. The van der Waals surface area contributed by atoms with Crippen molar-refractivity contribution < 1.29 is 4.79 Å². The normalized spacial score (nSPS) is 10.2. The van der Waals surface area contributed by atoms with Gasteiger partial charge in [0.15, 0.2) is 0 Å². The molecule has 4 N–H and O–H groups in total. The highest BCUT2D eigenvalue weighted by molar-refractivity contribution is 6.36. The van der Waals surface area contributed by atoms with Crippen LogP contribution in [0, 0.1) is 6.92 Å². The molecule has 104 valence electrons. The molecule has 0 aromatic heterocycles. The highest BCUT2D eigenvalue weighted by atomic mass is 35.5. The number of anilines is 2. The molecule has 4 nitrogen and oxygen atoms in total. The van der Waals surface area contributed by atoms with E-state index in [9.17, 15) is 4.79 Å². The Kier molecular flexibility index (Phi) is 4.49. The number of aryl methyl sites for hydroxylation is 1. The van der Waals surface area contributed by atoms with Crippen molar-refractivity contribution >= 4 is 40.5 Å². The second-order valence-corrected chi connectivity index (χ2v) is 5.10. The molecular weight excluding hydrogens is 297 g/mol. The molecule has 6 heteroatoms. The van der Waals surface area contributed by atoms with Gasteiger partial charge in [0.25, 0.3) is 5.91 Å². The Hall–Kier alpha value is -1.75. The molecule has 0 spiro atoms. The number of hydrogen-bond donors (Lipinski definition) is 3. The van der Waals surface area contributed by atoms with Gasteiger partial charge in [0, 0.05) is 10.6 Å². The Morgan fingerprint density at radius 2 is 1.80 bits per heavy atom. The van der Waals surface area contributed by atoms with E-state index in [1.54, 1.807) is 36.4 Å². The molecule has 0 bridgehead atoms. The molecule has 0 aliphatic heterocycles. The first kappa shape index (κ1) is 14.7. The van der Waals surface area contributed by atoms with Gasteiger partial charge >= 0.3 is 0 Å². The minimum atomic E-state index is -0.249. The van der Waals surface area contributed by atoms with Gasteiger partial charge in [-0.3, -0.25) is 10.6 Å². The summed E-state index contributed by atoms with van der Waals surface area (Å²) in [6.45, 7) is 1.86. The zero-order valence-corrected chi connectivity index (χ0v) is 12.2. The van der Waals surface area contributed by atoms with E-state index in [1.807, 2.05) is 6.92 Å². The summed E-state index contributed by atoms with van der Waals surface area (Å²) in [4.78, 5) is 12.1. The fourth-order valence-electron chi connectivity index (χ4n) is 1.75. The van der Waals surface area contributed by atoms with Crippen LogP contribution in [0.25, 0.3) is 0 Å². The number of carbonyl (C=O) groups is 1. The van der Waals surface area contributed by atoms with E-state index < -0.39 is 0 Å². The molecule has 0 saturated carbocycles. The first-order valence-corrected chi connectivity index (χ1v) is 6.60. The molecule has 1 amide bonds. The predicted octanol–water partition coefficient (Wildman–Crippen LogP) is 3.84. The number of hydrogen-bond acceptors (Lipinski definition) is 3. The maximum absolute atomic E-state index is 12.1. The number of halogens is 2. The Labute approximate surface area is 126 Å². The highest BCUT2D eigenvalue weighted by Gasteiger charge is 2.10. The summed E-state index contributed by atoms with van der Waals surface area (Å²) in [6, 6.07) is 10.1. The lowest BCUT2D eigenvalue weighted by Crippen LogP contribution is -2.13. The number of rotatable bonds is 3. The second kappa shape index (κ2) is 6.13. The van der Waals surface area contributed by atoms with E-state index >= 15 is 0 Å². The topological polar surface area (TPSA) is 67.2 Å². The largest absolute Gasteiger partial charge is 0.324 e. The minimum absolute atomic E-state index is 0.249. The molecule has 0 atom stereocenters. The van der Waals surface area contributed by atoms with Gasteiger partial charge in [-0.1, -0.05) is 23.2 Å². The van der Waals surface area contributed by atoms with Gasteiger partial charge in [-0.15, -0.1) is 0 Å². The average molecular weight is 310 g/mol.